The fourth-order valence-corrected chi connectivity index (χ4v) is 2.13. The highest BCUT2D eigenvalue weighted by molar-refractivity contribution is 14.0. The number of rotatable bonds is 7. The summed E-state index contributed by atoms with van der Waals surface area (Å²) >= 11 is 0. The minimum Gasteiger partial charge on any atom is -0.357 e. The van der Waals surface area contributed by atoms with Gasteiger partial charge in [0.05, 0.1) is 12.6 Å². The zero-order valence-electron chi connectivity index (χ0n) is 15.6. The average Bonchev–Trinajstić information content (AvgIpc) is 2.48. The van der Waals surface area contributed by atoms with Gasteiger partial charge in [-0.25, -0.2) is 4.39 Å². The second-order valence-electron chi connectivity index (χ2n) is 6.43. The van der Waals surface area contributed by atoms with Crippen LogP contribution >= 0.6 is 24.0 Å². The van der Waals surface area contributed by atoms with Gasteiger partial charge in [-0.05, 0) is 51.6 Å². The van der Waals surface area contributed by atoms with E-state index in [-0.39, 0.29) is 35.8 Å². The summed E-state index contributed by atoms with van der Waals surface area (Å²) in [5.41, 5.74) is 1.06. The molecule has 0 fully saturated rings. The lowest BCUT2D eigenvalue weighted by atomic mass is 10.1. The Morgan fingerprint density at radius 3 is 2.21 bits per heavy atom. The molecule has 0 aliphatic rings. The van der Waals surface area contributed by atoms with Crippen molar-refractivity contribution in [2.24, 2.45) is 10.9 Å². The van der Waals surface area contributed by atoms with E-state index in [0.717, 1.165) is 18.1 Å². The first-order valence-corrected chi connectivity index (χ1v) is 8.31. The molecular weight excluding hydrogens is 418 g/mol. The van der Waals surface area contributed by atoms with Crippen LogP contribution in [0, 0.1) is 11.7 Å². The van der Waals surface area contributed by atoms with Crippen LogP contribution in [0.4, 0.5) is 4.39 Å². The Labute approximate surface area is 163 Å². The normalized spacial score (nSPS) is 14.3. The van der Waals surface area contributed by atoms with Gasteiger partial charge in [-0.15, -0.1) is 24.0 Å². The van der Waals surface area contributed by atoms with Crippen molar-refractivity contribution >= 4 is 29.9 Å². The number of aliphatic imine (C=N–C) groups is 1. The van der Waals surface area contributed by atoms with Crippen molar-refractivity contribution in [1.29, 1.82) is 0 Å². The second-order valence-corrected chi connectivity index (χ2v) is 6.43. The van der Waals surface area contributed by atoms with Gasteiger partial charge in [-0.2, -0.15) is 0 Å². The molecule has 0 aliphatic carbocycles. The molecule has 0 bridgehead atoms. The summed E-state index contributed by atoms with van der Waals surface area (Å²) in [4.78, 5) is 6.82. The third-order valence-corrected chi connectivity index (χ3v) is 4.01. The van der Waals surface area contributed by atoms with E-state index in [1.807, 2.05) is 26.2 Å². The van der Waals surface area contributed by atoms with Crippen LogP contribution in [0.3, 0.4) is 0 Å². The van der Waals surface area contributed by atoms with Gasteiger partial charge in [0.15, 0.2) is 5.96 Å². The molecule has 0 aromatic heterocycles. The summed E-state index contributed by atoms with van der Waals surface area (Å²) in [6.45, 7) is 10.0. The van der Waals surface area contributed by atoms with Crippen LogP contribution in [-0.2, 0) is 0 Å². The maximum atomic E-state index is 13.1. The third kappa shape index (κ3) is 7.79. The van der Waals surface area contributed by atoms with Crippen molar-refractivity contribution in [3.8, 4) is 0 Å². The summed E-state index contributed by atoms with van der Waals surface area (Å²) in [6.07, 6.45) is 0. The molecular formula is C18H32FIN4. The molecule has 1 rings (SSSR count). The second kappa shape index (κ2) is 11.6. The van der Waals surface area contributed by atoms with E-state index < -0.39 is 0 Å². The molecule has 0 saturated heterocycles. The Hall–Kier alpha value is -0.890. The van der Waals surface area contributed by atoms with E-state index in [0.29, 0.717) is 18.5 Å². The van der Waals surface area contributed by atoms with Crippen LogP contribution in [0.1, 0.15) is 39.3 Å². The van der Waals surface area contributed by atoms with E-state index >= 15 is 0 Å². The summed E-state index contributed by atoms with van der Waals surface area (Å²) in [7, 11) is 4.03. The fraction of sp³-hybridized carbons (Fsp3) is 0.611. The molecule has 0 heterocycles. The van der Waals surface area contributed by atoms with Crippen LogP contribution < -0.4 is 10.6 Å². The molecule has 6 heteroatoms. The molecule has 0 saturated carbocycles. The number of halogens is 2. The smallest absolute Gasteiger partial charge is 0.191 e. The Morgan fingerprint density at radius 1 is 1.17 bits per heavy atom. The van der Waals surface area contributed by atoms with Gasteiger partial charge < -0.3 is 15.5 Å². The van der Waals surface area contributed by atoms with Crippen molar-refractivity contribution in [2.45, 2.75) is 39.8 Å². The minimum atomic E-state index is -0.212. The molecule has 0 spiro atoms. The molecule has 2 unspecified atom stereocenters. The lowest BCUT2D eigenvalue weighted by Gasteiger charge is -2.25. The molecule has 0 amide bonds. The lowest BCUT2D eigenvalue weighted by molar-refractivity contribution is 0.306. The highest BCUT2D eigenvalue weighted by Crippen LogP contribution is 2.19. The maximum absolute atomic E-state index is 13.1. The standard InChI is InChI=1S/C18H31FN4.HI/c1-7-20-18(22-14(4)13(2)3)21-12-17(23(5)6)15-8-10-16(19)11-9-15;/h8-11,13-14,17H,7,12H2,1-6H3,(H2,20,21,22);1H. The zero-order valence-corrected chi connectivity index (χ0v) is 18.0. The SMILES string of the molecule is CCNC(=NCC(c1ccc(F)cc1)N(C)C)NC(C)C(C)C.I. The van der Waals surface area contributed by atoms with Crippen LogP contribution in [0.15, 0.2) is 29.3 Å². The first-order chi connectivity index (χ1) is 10.8. The van der Waals surface area contributed by atoms with Gasteiger partial charge in [-0.1, -0.05) is 26.0 Å². The van der Waals surface area contributed by atoms with E-state index in [1.165, 1.54) is 12.1 Å². The molecule has 24 heavy (non-hydrogen) atoms. The molecule has 2 atom stereocenters. The Kier molecular flexibility index (Phi) is 11.2. The Balaban J connectivity index is 0.00000529. The van der Waals surface area contributed by atoms with Crippen LogP contribution in [0.2, 0.25) is 0 Å². The topological polar surface area (TPSA) is 39.7 Å². The summed E-state index contributed by atoms with van der Waals surface area (Å²) < 4.78 is 13.1. The first-order valence-electron chi connectivity index (χ1n) is 8.31. The molecule has 2 N–H and O–H groups in total. The Bertz CT molecular complexity index is 488. The van der Waals surface area contributed by atoms with Crippen molar-refractivity contribution < 1.29 is 4.39 Å². The predicted molar refractivity (Wildman–Crippen MR) is 112 cm³/mol. The molecule has 0 radical (unpaired) electrons. The highest BCUT2D eigenvalue weighted by atomic mass is 127. The predicted octanol–water partition coefficient (Wildman–Crippen LogP) is 3.65. The Morgan fingerprint density at radius 2 is 1.75 bits per heavy atom. The molecule has 4 nitrogen and oxygen atoms in total. The van der Waals surface area contributed by atoms with E-state index in [1.54, 1.807) is 0 Å². The lowest BCUT2D eigenvalue weighted by Crippen LogP contribution is -2.44. The maximum Gasteiger partial charge on any atom is 0.191 e. The third-order valence-electron chi connectivity index (χ3n) is 4.01. The van der Waals surface area contributed by atoms with Gasteiger partial charge in [0.1, 0.15) is 5.82 Å². The van der Waals surface area contributed by atoms with Crippen molar-refractivity contribution in [2.75, 3.05) is 27.2 Å². The molecule has 1 aromatic rings. The molecule has 1 aromatic carbocycles. The number of nitrogens with zero attached hydrogens (tertiary/aromatic N) is 2. The highest BCUT2D eigenvalue weighted by Gasteiger charge is 2.15. The first kappa shape index (κ1) is 23.1. The van der Waals surface area contributed by atoms with E-state index in [2.05, 4.69) is 43.2 Å². The largest absolute Gasteiger partial charge is 0.357 e. The van der Waals surface area contributed by atoms with Crippen LogP contribution in [-0.4, -0.2) is 44.1 Å². The van der Waals surface area contributed by atoms with Crippen LogP contribution in [0.25, 0.3) is 0 Å². The van der Waals surface area contributed by atoms with Gasteiger partial charge in [0, 0.05) is 12.6 Å². The fourth-order valence-electron chi connectivity index (χ4n) is 2.13. The van der Waals surface area contributed by atoms with Gasteiger partial charge in [0.2, 0.25) is 0 Å². The monoisotopic (exact) mass is 450 g/mol. The van der Waals surface area contributed by atoms with E-state index in [9.17, 15) is 4.39 Å². The number of guanidine groups is 1. The van der Waals surface area contributed by atoms with Gasteiger partial charge >= 0.3 is 0 Å². The molecule has 0 aliphatic heterocycles. The van der Waals surface area contributed by atoms with Gasteiger partial charge in [-0.3, -0.25) is 4.99 Å². The number of hydrogen-bond donors (Lipinski definition) is 2. The number of likely N-dealkylation sites (N-methyl/N-ethyl adjacent to an activating group) is 1. The summed E-state index contributed by atoms with van der Waals surface area (Å²) in [6, 6.07) is 7.11. The minimum absolute atomic E-state index is 0. The van der Waals surface area contributed by atoms with Crippen LogP contribution in [0.5, 0.6) is 0 Å². The zero-order chi connectivity index (χ0) is 17.4. The van der Waals surface area contributed by atoms with E-state index in [4.69, 9.17) is 4.99 Å². The van der Waals surface area contributed by atoms with Crippen molar-refractivity contribution in [1.82, 2.24) is 15.5 Å². The van der Waals surface area contributed by atoms with Crippen molar-refractivity contribution in [3.63, 3.8) is 0 Å². The summed E-state index contributed by atoms with van der Waals surface area (Å²) in [5.74, 6) is 1.14. The number of hydrogen-bond acceptors (Lipinski definition) is 2. The van der Waals surface area contributed by atoms with Gasteiger partial charge in [0.25, 0.3) is 0 Å². The quantitative estimate of drug-likeness (QED) is 0.379. The number of benzene rings is 1. The number of nitrogens with one attached hydrogen (secondary N) is 2. The van der Waals surface area contributed by atoms with Crippen molar-refractivity contribution in [3.05, 3.63) is 35.6 Å². The average molecular weight is 450 g/mol. The molecule has 138 valence electrons. The summed E-state index contributed by atoms with van der Waals surface area (Å²) in [5, 5.41) is 6.72.